The molecule has 3 aromatic rings. The number of ether oxygens (including phenoxy) is 1. The molecule has 0 atom stereocenters. The molecule has 7 heteroatoms. The number of piperazine rings is 1. The van der Waals surface area contributed by atoms with Gasteiger partial charge in [-0.05, 0) is 12.1 Å². The van der Waals surface area contributed by atoms with Crippen molar-refractivity contribution >= 4 is 17.2 Å². The van der Waals surface area contributed by atoms with Crippen LogP contribution in [-0.4, -0.2) is 59.0 Å². The Hall–Kier alpha value is -2.77. The van der Waals surface area contributed by atoms with Gasteiger partial charge in [-0.2, -0.15) is 0 Å². The smallest absolute Gasteiger partial charge is 0.259 e. The van der Waals surface area contributed by atoms with Crippen molar-refractivity contribution in [2.45, 2.75) is 6.54 Å². The number of rotatable bonds is 5. The third-order valence-corrected chi connectivity index (χ3v) is 5.67. The van der Waals surface area contributed by atoms with E-state index < -0.39 is 0 Å². The first-order chi connectivity index (χ1) is 13.7. The van der Waals surface area contributed by atoms with Gasteiger partial charge in [0.25, 0.3) is 5.91 Å². The van der Waals surface area contributed by atoms with Gasteiger partial charge in [-0.15, -0.1) is 11.3 Å². The summed E-state index contributed by atoms with van der Waals surface area (Å²) in [6, 6.07) is 13.8. The average molecular weight is 395 g/mol. The lowest BCUT2D eigenvalue weighted by molar-refractivity contribution is 0.0624. The van der Waals surface area contributed by atoms with Crippen molar-refractivity contribution < 1.29 is 9.53 Å². The molecule has 0 radical (unpaired) electrons. The molecule has 28 heavy (non-hydrogen) atoms. The lowest BCUT2D eigenvalue weighted by atomic mass is 10.2. The Labute approximate surface area is 168 Å². The summed E-state index contributed by atoms with van der Waals surface area (Å²) in [6.45, 7) is 3.85. The Kier molecular flexibility index (Phi) is 5.64. The molecule has 144 valence electrons. The number of aromatic nitrogens is 2. The van der Waals surface area contributed by atoms with Gasteiger partial charge in [-0.25, -0.2) is 9.97 Å². The Bertz CT molecular complexity index is 936. The summed E-state index contributed by atoms with van der Waals surface area (Å²) >= 11 is 1.69. The molecular weight excluding hydrogens is 372 g/mol. The maximum Gasteiger partial charge on any atom is 0.259 e. The van der Waals surface area contributed by atoms with Gasteiger partial charge in [-0.1, -0.05) is 30.3 Å². The Morgan fingerprint density at radius 3 is 2.64 bits per heavy atom. The predicted octanol–water partition coefficient (Wildman–Crippen LogP) is 3.17. The Balaban J connectivity index is 1.35. The monoisotopic (exact) mass is 394 g/mol. The number of hydrogen-bond acceptors (Lipinski definition) is 6. The number of pyridine rings is 1. The van der Waals surface area contributed by atoms with E-state index >= 15 is 0 Å². The number of hydrogen-bond donors (Lipinski definition) is 0. The second-order valence-electron chi connectivity index (χ2n) is 6.62. The quantitative estimate of drug-likeness (QED) is 0.665. The lowest BCUT2D eigenvalue weighted by Gasteiger charge is -2.34. The minimum Gasteiger partial charge on any atom is -0.480 e. The summed E-state index contributed by atoms with van der Waals surface area (Å²) in [5.74, 6) is 0.358. The first kappa shape index (κ1) is 18.6. The first-order valence-electron chi connectivity index (χ1n) is 9.25. The summed E-state index contributed by atoms with van der Waals surface area (Å²) in [5, 5.41) is 3.21. The molecule has 0 saturated carbocycles. The van der Waals surface area contributed by atoms with Crippen molar-refractivity contribution in [2.24, 2.45) is 0 Å². The van der Waals surface area contributed by atoms with Gasteiger partial charge in [-0.3, -0.25) is 9.69 Å². The number of amides is 1. The fourth-order valence-corrected chi connectivity index (χ4v) is 4.16. The predicted molar refractivity (Wildman–Crippen MR) is 110 cm³/mol. The number of benzene rings is 1. The SMILES string of the molecule is COc1ncccc1C(=O)N1CCN(Cc2nc(-c3ccccc3)cs2)CC1. The van der Waals surface area contributed by atoms with Crippen LogP contribution in [0.5, 0.6) is 5.88 Å². The van der Waals surface area contributed by atoms with Crippen LogP contribution in [0.1, 0.15) is 15.4 Å². The Morgan fingerprint density at radius 2 is 1.89 bits per heavy atom. The highest BCUT2D eigenvalue weighted by atomic mass is 32.1. The molecule has 1 aromatic carbocycles. The maximum absolute atomic E-state index is 12.8. The molecule has 1 amide bonds. The molecule has 1 aliphatic heterocycles. The van der Waals surface area contributed by atoms with Crippen LogP contribution >= 0.6 is 11.3 Å². The number of thiazole rings is 1. The van der Waals surface area contributed by atoms with Gasteiger partial charge >= 0.3 is 0 Å². The highest BCUT2D eigenvalue weighted by Gasteiger charge is 2.25. The average Bonchev–Trinajstić information content (AvgIpc) is 3.23. The molecule has 0 unspecified atom stereocenters. The van der Waals surface area contributed by atoms with Gasteiger partial charge in [0.15, 0.2) is 0 Å². The van der Waals surface area contributed by atoms with Crippen LogP contribution in [0.2, 0.25) is 0 Å². The first-order valence-corrected chi connectivity index (χ1v) is 10.1. The van der Waals surface area contributed by atoms with E-state index in [4.69, 9.17) is 9.72 Å². The third-order valence-electron chi connectivity index (χ3n) is 4.83. The highest BCUT2D eigenvalue weighted by molar-refractivity contribution is 7.09. The molecule has 0 spiro atoms. The van der Waals surface area contributed by atoms with E-state index in [1.807, 2.05) is 23.1 Å². The van der Waals surface area contributed by atoms with E-state index in [0.29, 0.717) is 24.5 Å². The molecular formula is C21H22N4O2S. The molecule has 0 aliphatic carbocycles. The summed E-state index contributed by atoms with van der Waals surface area (Å²) in [6.07, 6.45) is 1.63. The van der Waals surface area contributed by atoms with Crippen LogP contribution in [0, 0.1) is 0 Å². The Morgan fingerprint density at radius 1 is 1.11 bits per heavy atom. The molecule has 1 fully saturated rings. The third kappa shape index (κ3) is 4.05. The topological polar surface area (TPSA) is 58.6 Å². The number of methoxy groups -OCH3 is 1. The zero-order chi connectivity index (χ0) is 19.3. The van der Waals surface area contributed by atoms with Gasteiger partial charge in [0.05, 0.1) is 19.3 Å². The molecule has 3 heterocycles. The van der Waals surface area contributed by atoms with Crippen LogP contribution in [0.4, 0.5) is 0 Å². The number of carbonyl (C=O) groups is 1. The molecule has 0 N–H and O–H groups in total. The van der Waals surface area contributed by atoms with Gasteiger partial charge in [0.2, 0.25) is 5.88 Å². The van der Waals surface area contributed by atoms with E-state index in [0.717, 1.165) is 35.9 Å². The van der Waals surface area contributed by atoms with Crippen LogP contribution < -0.4 is 4.74 Å². The van der Waals surface area contributed by atoms with Crippen molar-refractivity contribution in [3.8, 4) is 17.1 Å². The molecule has 0 bridgehead atoms. The molecule has 1 saturated heterocycles. The molecule has 1 aliphatic rings. The minimum atomic E-state index is -0.0230. The summed E-state index contributed by atoms with van der Waals surface area (Å²) < 4.78 is 5.22. The van der Waals surface area contributed by atoms with E-state index in [1.165, 1.54) is 7.11 Å². The normalized spacial score (nSPS) is 14.8. The summed E-state index contributed by atoms with van der Waals surface area (Å²) in [5.41, 5.74) is 2.69. The van der Waals surface area contributed by atoms with Crippen molar-refractivity contribution in [1.29, 1.82) is 0 Å². The van der Waals surface area contributed by atoms with E-state index in [9.17, 15) is 4.79 Å². The van der Waals surface area contributed by atoms with Gasteiger partial charge in [0, 0.05) is 43.3 Å². The lowest BCUT2D eigenvalue weighted by Crippen LogP contribution is -2.48. The second kappa shape index (κ2) is 8.50. The highest BCUT2D eigenvalue weighted by Crippen LogP contribution is 2.23. The van der Waals surface area contributed by atoms with Crippen molar-refractivity contribution in [3.05, 3.63) is 64.6 Å². The molecule has 2 aromatic heterocycles. The molecule has 6 nitrogen and oxygen atoms in total. The van der Waals surface area contributed by atoms with Gasteiger partial charge < -0.3 is 9.64 Å². The minimum absolute atomic E-state index is 0.0230. The summed E-state index contributed by atoms with van der Waals surface area (Å²) in [4.78, 5) is 25.9. The fraction of sp³-hybridized carbons (Fsp3) is 0.286. The number of carbonyl (C=O) groups excluding carboxylic acids is 1. The van der Waals surface area contributed by atoms with Crippen LogP contribution in [0.3, 0.4) is 0 Å². The standard InChI is InChI=1S/C21H22N4O2S/c1-27-20-17(8-5-9-22-20)21(26)25-12-10-24(11-13-25)14-19-23-18(15-28-19)16-6-3-2-4-7-16/h2-9,15H,10-14H2,1H3. The van der Waals surface area contributed by atoms with Crippen molar-refractivity contribution in [1.82, 2.24) is 19.8 Å². The van der Waals surface area contributed by atoms with Gasteiger partial charge in [0.1, 0.15) is 10.6 Å². The largest absolute Gasteiger partial charge is 0.480 e. The maximum atomic E-state index is 12.8. The van der Waals surface area contributed by atoms with E-state index in [-0.39, 0.29) is 5.91 Å². The van der Waals surface area contributed by atoms with Crippen LogP contribution in [-0.2, 0) is 6.54 Å². The number of nitrogens with zero attached hydrogens (tertiary/aromatic N) is 4. The van der Waals surface area contributed by atoms with Crippen molar-refractivity contribution in [3.63, 3.8) is 0 Å². The van der Waals surface area contributed by atoms with Crippen LogP contribution in [0.15, 0.2) is 54.0 Å². The fourth-order valence-electron chi connectivity index (χ4n) is 3.31. The van der Waals surface area contributed by atoms with E-state index in [2.05, 4.69) is 27.4 Å². The zero-order valence-corrected chi connectivity index (χ0v) is 16.6. The summed E-state index contributed by atoms with van der Waals surface area (Å²) in [7, 11) is 1.54. The van der Waals surface area contributed by atoms with Crippen molar-refractivity contribution in [2.75, 3.05) is 33.3 Å². The van der Waals surface area contributed by atoms with Crippen LogP contribution in [0.25, 0.3) is 11.3 Å². The molecule has 4 rings (SSSR count). The zero-order valence-electron chi connectivity index (χ0n) is 15.7. The van der Waals surface area contributed by atoms with E-state index in [1.54, 1.807) is 29.7 Å². The second-order valence-corrected chi connectivity index (χ2v) is 7.56.